The van der Waals surface area contributed by atoms with Crippen molar-refractivity contribution in [3.05, 3.63) is 0 Å². The molecule has 0 amide bonds. The quantitative estimate of drug-likeness (QED) is 0.631. The van der Waals surface area contributed by atoms with E-state index in [1.54, 1.807) is 0 Å². The third-order valence-electron chi connectivity index (χ3n) is 9.70. The Bertz CT molecular complexity index is 678. The fraction of sp³-hybridized carbons (Fsp3) is 0.957. The van der Waals surface area contributed by atoms with Crippen molar-refractivity contribution in [2.45, 2.75) is 76.8 Å². The van der Waals surface area contributed by atoms with Gasteiger partial charge in [0.2, 0.25) is 11.6 Å². The van der Waals surface area contributed by atoms with Gasteiger partial charge in [0.1, 0.15) is 5.78 Å². The van der Waals surface area contributed by atoms with Crippen molar-refractivity contribution < 1.29 is 23.7 Å². The van der Waals surface area contributed by atoms with E-state index in [2.05, 4.69) is 13.8 Å². The molecule has 0 aromatic rings. The molecule has 4 aliphatic carbocycles. The van der Waals surface area contributed by atoms with Gasteiger partial charge in [-0.15, -0.1) is 0 Å². The Hall–Kier alpha value is -0.490. The summed E-state index contributed by atoms with van der Waals surface area (Å²) in [6.45, 7) is 7.00. The molecule has 0 N–H and O–H groups in total. The molecule has 5 nitrogen and oxygen atoms in total. The highest BCUT2D eigenvalue weighted by atomic mass is 16.8. The summed E-state index contributed by atoms with van der Waals surface area (Å²) in [7, 11) is 0. The summed E-state index contributed by atoms with van der Waals surface area (Å²) in [6, 6.07) is 0. The number of fused-ring (bicyclic) bond motifs is 5. The average Bonchev–Trinajstić information content (AvgIpc) is 2.93. The molecule has 2 heterocycles. The lowest BCUT2D eigenvalue weighted by atomic mass is 9.44. The largest absolute Gasteiger partial charge is 0.343 e. The molecule has 5 heteroatoms. The Kier molecular flexibility index (Phi) is 3.79. The number of rotatable bonds is 0. The Morgan fingerprint density at radius 2 is 1.61 bits per heavy atom. The maximum Gasteiger partial charge on any atom is 0.227 e. The highest BCUT2D eigenvalue weighted by molar-refractivity contribution is 5.83. The first-order valence-electron chi connectivity index (χ1n) is 11.5. The second-order valence-electron chi connectivity index (χ2n) is 10.9. The zero-order chi connectivity index (χ0) is 19.2. The van der Waals surface area contributed by atoms with E-state index in [0.717, 1.165) is 19.3 Å². The normalized spacial score (nSPS) is 58.1. The first kappa shape index (κ1) is 18.3. The highest BCUT2D eigenvalue weighted by Crippen LogP contribution is 2.72. The summed E-state index contributed by atoms with van der Waals surface area (Å²) in [6.07, 6.45) is 8.64. The molecule has 2 aliphatic heterocycles. The van der Waals surface area contributed by atoms with Gasteiger partial charge in [0.15, 0.2) is 0 Å². The van der Waals surface area contributed by atoms with Crippen molar-refractivity contribution in [2.75, 3.05) is 26.4 Å². The van der Waals surface area contributed by atoms with E-state index in [4.69, 9.17) is 18.9 Å². The van der Waals surface area contributed by atoms with E-state index >= 15 is 0 Å². The number of ether oxygens (including phenoxy) is 4. The van der Waals surface area contributed by atoms with Gasteiger partial charge in [0.05, 0.1) is 26.4 Å². The summed E-state index contributed by atoms with van der Waals surface area (Å²) in [5, 5.41) is 0. The van der Waals surface area contributed by atoms with Gasteiger partial charge in [-0.3, -0.25) is 4.79 Å². The summed E-state index contributed by atoms with van der Waals surface area (Å²) in [5.41, 5.74) is 0.181. The fourth-order valence-electron chi connectivity index (χ4n) is 8.80. The van der Waals surface area contributed by atoms with Crippen LogP contribution in [0.4, 0.5) is 0 Å². The minimum Gasteiger partial charge on any atom is -0.343 e. The van der Waals surface area contributed by atoms with Gasteiger partial charge < -0.3 is 18.9 Å². The molecule has 4 saturated carbocycles. The molecule has 6 aliphatic rings. The van der Waals surface area contributed by atoms with Gasteiger partial charge in [-0.05, 0) is 48.3 Å². The maximum atomic E-state index is 13.4. The van der Waals surface area contributed by atoms with Crippen LogP contribution in [0.5, 0.6) is 0 Å². The average molecular weight is 391 g/mol. The lowest BCUT2D eigenvalue weighted by Crippen LogP contribution is -2.69. The van der Waals surface area contributed by atoms with Crippen LogP contribution >= 0.6 is 0 Å². The number of hydrogen-bond acceptors (Lipinski definition) is 5. The van der Waals surface area contributed by atoms with Crippen LogP contribution < -0.4 is 0 Å². The highest BCUT2D eigenvalue weighted by Gasteiger charge is 2.78. The summed E-state index contributed by atoms with van der Waals surface area (Å²) >= 11 is 0. The van der Waals surface area contributed by atoms with Crippen molar-refractivity contribution in [2.24, 2.45) is 34.5 Å². The predicted octanol–water partition coefficient (Wildman–Crippen LogP) is 3.69. The topological polar surface area (TPSA) is 54.0 Å². The van der Waals surface area contributed by atoms with Crippen LogP contribution in [0.1, 0.15) is 65.2 Å². The van der Waals surface area contributed by atoms with Crippen LogP contribution in [0.25, 0.3) is 0 Å². The van der Waals surface area contributed by atoms with Crippen LogP contribution in [-0.2, 0) is 23.7 Å². The third-order valence-corrected chi connectivity index (χ3v) is 9.70. The van der Waals surface area contributed by atoms with Crippen LogP contribution in [-0.4, -0.2) is 43.8 Å². The molecule has 28 heavy (non-hydrogen) atoms. The van der Waals surface area contributed by atoms with Gasteiger partial charge in [-0.2, -0.15) is 0 Å². The SMILES string of the molecule is C[C@]12CC[C@H]3[C@@H](CC(=O)[C@H]4CCCC[C@@]43C)[C@@H]1C13OCCOC1(C2)OCCO3. The van der Waals surface area contributed by atoms with Crippen LogP contribution in [0.15, 0.2) is 0 Å². The Morgan fingerprint density at radius 3 is 2.36 bits per heavy atom. The molecule has 0 bridgehead atoms. The predicted molar refractivity (Wildman–Crippen MR) is 101 cm³/mol. The second kappa shape index (κ2) is 5.81. The first-order valence-corrected chi connectivity index (χ1v) is 11.5. The molecule has 6 fully saturated rings. The molecule has 0 spiro atoms. The van der Waals surface area contributed by atoms with Crippen LogP contribution in [0.2, 0.25) is 0 Å². The van der Waals surface area contributed by atoms with Gasteiger partial charge in [-0.25, -0.2) is 0 Å². The molecule has 6 atom stereocenters. The lowest BCUT2D eigenvalue weighted by molar-refractivity contribution is -0.466. The minimum absolute atomic E-state index is 0.0357. The third kappa shape index (κ3) is 2.05. The van der Waals surface area contributed by atoms with Gasteiger partial charge in [0, 0.05) is 24.7 Å². The van der Waals surface area contributed by atoms with E-state index in [9.17, 15) is 4.79 Å². The molecule has 0 radical (unpaired) electrons. The molecular formula is C23H34O5. The smallest absolute Gasteiger partial charge is 0.227 e. The first-order chi connectivity index (χ1) is 13.4. The molecular weight excluding hydrogens is 356 g/mol. The molecule has 0 aromatic heterocycles. The van der Waals surface area contributed by atoms with Crippen LogP contribution in [0.3, 0.4) is 0 Å². The minimum atomic E-state index is -0.834. The van der Waals surface area contributed by atoms with Gasteiger partial charge in [-0.1, -0.05) is 26.7 Å². The number of carbonyl (C=O) groups is 1. The zero-order valence-corrected chi connectivity index (χ0v) is 17.3. The van der Waals surface area contributed by atoms with E-state index in [0.29, 0.717) is 50.5 Å². The Morgan fingerprint density at radius 1 is 0.893 bits per heavy atom. The second-order valence-corrected chi connectivity index (χ2v) is 10.9. The van der Waals surface area contributed by atoms with Gasteiger partial charge >= 0.3 is 0 Å². The van der Waals surface area contributed by atoms with Crippen molar-refractivity contribution >= 4 is 5.78 Å². The van der Waals surface area contributed by atoms with Crippen molar-refractivity contribution in [3.63, 3.8) is 0 Å². The zero-order valence-electron chi connectivity index (χ0n) is 17.3. The molecule has 0 unspecified atom stereocenters. The number of hydrogen-bond donors (Lipinski definition) is 0. The number of ketones is 1. The van der Waals surface area contributed by atoms with Gasteiger partial charge in [0.25, 0.3) is 0 Å². The monoisotopic (exact) mass is 390 g/mol. The van der Waals surface area contributed by atoms with E-state index in [1.165, 1.54) is 25.7 Å². The van der Waals surface area contributed by atoms with Crippen molar-refractivity contribution in [1.29, 1.82) is 0 Å². The van der Waals surface area contributed by atoms with E-state index in [-0.39, 0.29) is 22.7 Å². The molecule has 2 saturated heterocycles. The number of carbonyl (C=O) groups excluding carboxylic acids is 1. The van der Waals surface area contributed by atoms with Crippen molar-refractivity contribution in [3.8, 4) is 0 Å². The lowest BCUT2D eigenvalue weighted by Gasteiger charge is -2.61. The maximum absolute atomic E-state index is 13.4. The van der Waals surface area contributed by atoms with E-state index < -0.39 is 11.6 Å². The summed E-state index contributed by atoms with van der Waals surface area (Å²) < 4.78 is 25.6. The Labute approximate surface area is 167 Å². The van der Waals surface area contributed by atoms with Crippen molar-refractivity contribution in [1.82, 2.24) is 0 Å². The fourth-order valence-corrected chi connectivity index (χ4v) is 8.80. The van der Waals surface area contributed by atoms with Crippen LogP contribution in [0, 0.1) is 34.5 Å². The summed E-state index contributed by atoms with van der Waals surface area (Å²) in [5.74, 6) is 0.205. The summed E-state index contributed by atoms with van der Waals surface area (Å²) in [4.78, 5) is 13.4. The molecule has 0 aromatic carbocycles. The Balaban J connectivity index is 1.46. The molecule has 156 valence electrons. The van der Waals surface area contributed by atoms with E-state index in [1.807, 2.05) is 0 Å². The number of Topliss-reactive ketones (excluding diaryl/α,β-unsaturated/α-hetero) is 1. The molecule has 6 rings (SSSR count). The standard InChI is InChI=1S/C23H34O5/c1-20-8-6-16-15(13-18(24)17-5-3-4-7-21(16,17)2)19(20)23-22(14-20,25-9-11-27-23)26-10-12-28-23/h15-17,19H,3-14H2,1-2H3/t15-,16+,17-,19+,20-,21-,22?,23?/m1/s1.